The molecule has 8 nitrogen and oxygen atoms in total. The van der Waals surface area contributed by atoms with Gasteiger partial charge < -0.3 is 20.1 Å². The van der Waals surface area contributed by atoms with Crippen LogP contribution in [-0.2, 0) is 11.3 Å². The number of fused-ring (bicyclic) bond motifs is 1. The van der Waals surface area contributed by atoms with E-state index in [1.165, 1.54) is 6.08 Å². The first-order valence-electron chi connectivity index (χ1n) is 10.2. The molecule has 0 saturated carbocycles. The van der Waals surface area contributed by atoms with Gasteiger partial charge in [-0.15, -0.1) is 0 Å². The summed E-state index contributed by atoms with van der Waals surface area (Å²) in [7, 11) is 0. The number of aromatic nitrogens is 3. The molecule has 4 rings (SSSR count). The number of aromatic amines is 1. The summed E-state index contributed by atoms with van der Waals surface area (Å²) in [5.74, 6) is 0.403. The van der Waals surface area contributed by atoms with Crippen LogP contribution in [0.1, 0.15) is 29.8 Å². The highest BCUT2D eigenvalue weighted by Crippen LogP contribution is 2.26. The molecule has 0 spiro atoms. The maximum absolute atomic E-state index is 12.8. The Morgan fingerprint density at radius 1 is 1.26 bits per heavy atom. The molecule has 2 N–H and O–H groups in total. The fraction of sp³-hybridized carbons (Fsp3) is 0.304. The number of carbonyl (C=O) groups excluding carboxylic acids is 2. The summed E-state index contributed by atoms with van der Waals surface area (Å²) in [5, 5.41) is 2.94. The number of amides is 2. The van der Waals surface area contributed by atoms with Crippen molar-refractivity contribution in [3.05, 3.63) is 66.5 Å². The molecule has 1 fully saturated rings. The van der Waals surface area contributed by atoms with Gasteiger partial charge in [0.25, 0.3) is 5.91 Å². The Bertz CT molecular complexity index is 1120. The van der Waals surface area contributed by atoms with E-state index in [4.69, 9.17) is 4.98 Å². The molecule has 0 unspecified atom stereocenters. The predicted octanol–water partition coefficient (Wildman–Crippen LogP) is 2.50. The molecule has 0 atom stereocenters. The summed E-state index contributed by atoms with van der Waals surface area (Å²) in [6, 6.07) is 9.75. The molecular formula is C23H26N6O2. The van der Waals surface area contributed by atoms with Gasteiger partial charge in [-0.1, -0.05) is 36.9 Å². The summed E-state index contributed by atoms with van der Waals surface area (Å²) in [4.78, 5) is 41.1. The second-order valence-corrected chi connectivity index (χ2v) is 8.22. The van der Waals surface area contributed by atoms with E-state index in [0.717, 1.165) is 5.56 Å². The second-order valence-electron chi connectivity index (χ2n) is 8.22. The smallest absolute Gasteiger partial charge is 0.255 e. The van der Waals surface area contributed by atoms with Crippen molar-refractivity contribution < 1.29 is 9.59 Å². The average Bonchev–Trinajstić information content (AvgIpc) is 3.20. The highest BCUT2D eigenvalue weighted by atomic mass is 16.2. The minimum absolute atomic E-state index is 0.0748. The van der Waals surface area contributed by atoms with Crippen molar-refractivity contribution in [2.24, 2.45) is 0 Å². The van der Waals surface area contributed by atoms with E-state index in [0.29, 0.717) is 48.7 Å². The lowest BCUT2D eigenvalue weighted by molar-refractivity contribution is -0.131. The minimum atomic E-state index is -0.381. The quantitative estimate of drug-likeness (QED) is 0.621. The van der Waals surface area contributed by atoms with Crippen molar-refractivity contribution in [3.63, 3.8) is 0 Å². The number of nitrogens with one attached hydrogen (secondary N) is 2. The molecule has 3 aromatic rings. The number of nitrogens with zero attached hydrogens (tertiary/aromatic N) is 4. The zero-order valence-corrected chi connectivity index (χ0v) is 17.8. The molecule has 1 aliphatic heterocycles. The summed E-state index contributed by atoms with van der Waals surface area (Å²) in [6.45, 7) is 9.87. The molecule has 31 heavy (non-hydrogen) atoms. The lowest BCUT2D eigenvalue weighted by Gasteiger charge is -2.47. The first-order chi connectivity index (χ1) is 14.9. The third kappa shape index (κ3) is 4.14. The number of H-pyrrole nitrogens is 1. The Labute approximate surface area is 181 Å². The molecule has 2 aromatic heterocycles. The van der Waals surface area contributed by atoms with Crippen molar-refractivity contribution in [2.75, 3.05) is 24.5 Å². The lowest BCUT2D eigenvalue weighted by atomic mass is 9.98. The normalized spacial score (nSPS) is 15.7. The maximum Gasteiger partial charge on any atom is 0.255 e. The van der Waals surface area contributed by atoms with E-state index in [-0.39, 0.29) is 17.4 Å². The van der Waals surface area contributed by atoms with Crippen molar-refractivity contribution in [1.29, 1.82) is 0 Å². The maximum atomic E-state index is 12.8. The highest BCUT2D eigenvalue weighted by molar-refractivity contribution is 6.04. The Balaban J connectivity index is 1.54. The molecule has 160 valence electrons. The summed E-state index contributed by atoms with van der Waals surface area (Å²) >= 11 is 0. The van der Waals surface area contributed by atoms with Crippen molar-refractivity contribution >= 4 is 28.8 Å². The highest BCUT2D eigenvalue weighted by Gasteiger charge is 2.36. The number of rotatable bonds is 5. The van der Waals surface area contributed by atoms with Gasteiger partial charge >= 0.3 is 0 Å². The fourth-order valence-electron chi connectivity index (χ4n) is 3.95. The minimum Gasteiger partial charge on any atom is -0.351 e. The largest absolute Gasteiger partial charge is 0.351 e. The van der Waals surface area contributed by atoms with Crippen molar-refractivity contribution in [3.8, 4) is 0 Å². The molecular weight excluding hydrogens is 392 g/mol. The third-order valence-corrected chi connectivity index (χ3v) is 5.58. The van der Waals surface area contributed by atoms with Gasteiger partial charge in [0.05, 0.1) is 17.3 Å². The number of piperazine rings is 1. The molecule has 0 aliphatic carbocycles. The van der Waals surface area contributed by atoms with Crippen LogP contribution in [-0.4, -0.2) is 56.8 Å². The number of hydrogen-bond acceptors (Lipinski definition) is 5. The van der Waals surface area contributed by atoms with Gasteiger partial charge in [0, 0.05) is 32.4 Å². The van der Waals surface area contributed by atoms with E-state index >= 15 is 0 Å². The zero-order valence-electron chi connectivity index (χ0n) is 17.8. The molecule has 1 saturated heterocycles. The zero-order chi connectivity index (χ0) is 22.0. The van der Waals surface area contributed by atoms with Crippen LogP contribution in [0, 0.1) is 0 Å². The van der Waals surface area contributed by atoms with Gasteiger partial charge in [0.15, 0.2) is 5.65 Å². The number of carbonyl (C=O) groups is 2. The summed E-state index contributed by atoms with van der Waals surface area (Å²) in [6.07, 6.45) is 4.69. The number of hydrogen-bond donors (Lipinski definition) is 2. The van der Waals surface area contributed by atoms with Gasteiger partial charge in [-0.3, -0.25) is 9.59 Å². The second kappa shape index (κ2) is 8.22. The Morgan fingerprint density at radius 3 is 2.74 bits per heavy atom. The van der Waals surface area contributed by atoms with Crippen LogP contribution in [0.2, 0.25) is 0 Å². The van der Waals surface area contributed by atoms with Crippen LogP contribution in [0.25, 0.3) is 11.2 Å². The van der Waals surface area contributed by atoms with Gasteiger partial charge in [-0.2, -0.15) is 0 Å². The first kappa shape index (κ1) is 20.6. The molecule has 8 heteroatoms. The van der Waals surface area contributed by atoms with Crippen LogP contribution in [0.3, 0.4) is 0 Å². The van der Waals surface area contributed by atoms with Crippen molar-refractivity contribution in [1.82, 2.24) is 25.2 Å². The van der Waals surface area contributed by atoms with E-state index in [9.17, 15) is 9.59 Å². The van der Waals surface area contributed by atoms with Crippen LogP contribution in [0.4, 0.5) is 5.82 Å². The standard InChI is InChI=1S/C23H26N6O2/c1-4-19(30)29-11-10-28(15-23(29,2)3)18-14-25-21-20(27-18)17(13-24-21)22(31)26-12-16-8-6-5-7-9-16/h4-9,13-14H,1,10-12,15H2,2-3H3,(H,24,25)(H,26,31). The third-order valence-electron chi connectivity index (χ3n) is 5.58. The molecule has 1 aliphatic rings. The van der Waals surface area contributed by atoms with Crippen molar-refractivity contribution in [2.45, 2.75) is 25.9 Å². The topological polar surface area (TPSA) is 94.2 Å². The fourth-order valence-corrected chi connectivity index (χ4v) is 3.95. The molecule has 0 bridgehead atoms. The number of benzene rings is 1. The van der Waals surface area contributed by atoms with E-state index in [1.807, 2.05) is 49.1 Å². The summed E-state index contributed by atoms with van der Waals surface area (Å²) in [5.41, 5.74) is 2.20. The van der Waals surface area contributed by atoms with E-state index < -0.39 is 0 Å². The lowest BCUT2D eigenvalue weighted by Crippen LogP contribution is -2.61. The molecule has 1 aromatic carbocycles. The van der Waals surface area contributed by atoms with Gasteiger partial charge in [0.1, 0.15) is 11.3 Å². The molecule has 0 radical (unpaired) electrons. The predicted molar refractivity (Wildman–Crippen MR) is 120 cm³/mol. The van der Waals surface area contributed by atoms with Gasteiger partial charge in [-0.05, 0) is 25.5 Å². The Kier molecular flexibility index (Phi) is 5.46. The Hall–Kier alpha value is -3.68. The first-order valence-corrected chi connectivity index (χ1v) is 10.2. The van der Waals surface area contributed by atoms with Crippen LogP contribution in [0.15, 0.2) is 55.4 Å². The SMILES string of the molecule is C=CC(=O)N1CCN(c2cnc3[nH]cc(C(=O)NCc4ccccc4)c3n2)CC1(C)C. The monoisotopic (exact) mass is 418 g/mol. The Morgan fingerprint density at radius 2 is 2.03 bits per heavy atom. The average molecular weight is 419 g/mol. The molecule has 3 heterocycles. The van der Waals surface area contributed by atoms with Gasteiger partial charge in [-0.25, -0.2) is 9.97 Å². The van der Waals surface area contributed by atoms with Crippen LogP contribution < -0.4 is 10.2 Å². The van der Waals surface area contributed by atoms with E-state index in [1.54, 1.807) is 12.4 Å². The molecule has 2 amide bonds. The number of anilines is 1. The van der Waals surface area contributed by atoms with Crippen LogP contribution >= 0.6 is 0 Å². The van der Waals surface area contributed by atoms with Crippen LogP contribution in [0.5, 0.6) is 0 Å². The summed E-state index contributed by atoms with van der Waals surface area (Å²) < 4.78 is 0. The van der Waals surface area contributed by atoms with E-state index in [2.05, 4.69) is 26.8 Å². The van der Waals surface area contributed by atoms with Gasteiger partial charge in [0.2, 0.25) is 5.91 Å².